The fourth-order valence-corrected chi connectivity index (χ4v) is 3.74. The average molecular weight is 292 g/mol. The number of likely N-dealkylation sites (tertiary alicyclic amines) is 2. The van der Waals surface area contributed by atoms with Crippen LogP contribution in [-0.2, 0) is 0 Å². The van der Waals surface area contributed by atoms with Crippen LogP contribution in [-0.4, -0.2) is 61.1 Å². The van der Waals surface area contributed by atoms with Gasteiger partial charge in [-0.2, -0.15) is 0 Å². The van der Waals surface area contributed by atoms with E-state index in [0.29, 0.717) is 0 Å². The van der Waals surface area contributed by atoms with E-state index in [1.54, 1.807) is 0 Å². The molecule has 4 nitrogen and oxygen atoms in total. The topological polar surface area (TPSA) is 30.9 Å². The first-order valence-electron chi connectivity index (χ1n) is 9.14. The molecule has 3 aliphatic rings. The third kappa shape index (κ3) is 4.35. The van der Waals surface area contributed by atoms with Gasteiger partial charge in [-0.05, 0) is 58.0 Å². The molecule has 1 aliphatic carbocycles. The van der Waals surface area contributed by atoms with Gasteiger partial charge in [0.25, 0.3) is 0 Å². The van der Waals surface area contributed by atoms with Gasteiger partial charge in [-0.15, -0.1) is 0 Å². The van der Waals surface area contributed by atoms with Crippen molar-refractivity contribution >= 4 is 5.96 Å². The van der Waals surface area contributed by atoms with Crippen LogP contribution in [0.5, 0.6) is 0 Å². The van der Waals surface area contributed by atoms with Crippen molar-refractivity contribution in [1.82, 2.24) is 15.1 Å². The van der Waals surface area contributed by atoms with Gasteiger partial charge in [-0.1, -0.05) is 12.8 Å². The lowest BCUT2D eigenvalue weighted by Crippen LogP contribution is -2.42. The summed E-state index contributed by atoms with van der Waals surface area (Å²) in [6, 6.07) is 0.767. The Morgan fingerprint density at radius 3 is 2.67 bits per heavy atom. The number of rotatable bonds is 6. The molecule has 0 radical (unpaired) electrons. The highest BCUT2D eigenvalue weighted by Crippen LogP contribution is 2.33. The first-order valence-corrected chi connectivity index (χ1v) is 9.14. The van der Waals surface area contributed by atoms with Gasteiger partial charge in [0.05, 0.1) is 0 Å². The highest BCUT2D eigenvalue weighted by Gasteiger charge is 2.30. The Balaban J connectivity index is 1.47. The minimum absolute atomic E-state index is 0.767. The van der Waals surface area contributed by atoms with Gasteiger partial charge < -0.3 is 10.2 Å². The zero-order chi connectivity index (χ0) is 14.5. The van der Waals surface area contributed by atoms with Crippen molar-refractivity contribution in [2.45, 2.75) is 57.9 Å². The van der Waals surface area contributed by atoms with E-state index < -0.39 is 0 Å². The zero-order valence-corrected chi connectivity index (χ0v) is 13.7. The second-order valence-corrected chi connectivity index (χ2v) is 6.95. The Bertz CT molecular complexity index is 345. The normalized spacial score (nSPS) is 27.6. The molecule has 2 aliphatic heterocycles. The molecular formula is C17H32N4. The number of hydrogen-bond donors (Lipinski definition) is 1. The molecule has 0 spiro atoms. The van der Waals surface area contributed by atoms with Gasteiger partial charge in [0, 0.05) is 32.2 Å². The molecule has 0 aromatic rings. The molecular weight excluding hydrogens is 260 g/mol. The van der Waals surface area contributed by atoms with E-state index in [4.69, 9.17) is 4.99 Å². The number of nitrogens with one attached hydrogen (secondary N) is 1. The summed E-state index contributed by atoms with van der Waals surface area (Å²) in [5.74, 6) is 2.20. The Labute approximate surface area is 130 Å². The van der Waals surface area contributed by atoms with Crippen LogP contribution in [0.2, 0.25) is 0 Å². The van der Waals surface area contributed by atoms with Gasteiger partial charge in [0.1, 0.15) is 0 Å². The highest BCUT2D eigenvalue weighted by molar-refractivity contribution is 5.80. The van der Waals surface area contributed by atoms with Crippen LogP contribution < -0.4 is 5.32 Å². The predicted molar refractivity (Wildman–Crippen MR) is 88.7 cm³/mol. The second kappa shape index (κ2) is 7.48. The summed E-state index contributed by atoms with van der Waals surface area (Å²) >= 11 is 0. The molecule has 2 saturated heterocycles. The molecule has 1 saturated carbocycles. The van der Waals surface area contributed by atoms with E-state index in [-0.39, 0.29) is 0 Å². The molecule has 0 amide bonds. The smallest absolute Gasteiger partial charge is 0.193 e. The van der Waals surface area contributed by atoms with Crippen LogP contribution in [0.25, 0.3) is 0 Å². The van der Waals surface area contributed by atoms with Crippen LogP contribution in [0.4, 0.5) is 0 Å². The summed E-state index contributed by atoms with van der Waals surface area (Å²) in [5, 5.41) is 3.50. The maximum absolute atomic E-state index is 4.87. The van der Waals surface area contributed by atoms with Gasteiger partial charge in [0.15, 0.2) is 5.96 Å². The maximum Gasteiger partial charge on any atom is 0.193 e. The van der Waals surface area contributed by atoms with Crippen molar-refractivity contribution in [2.75, 3.05) is 39.3 Å². The molecule has 1 unspecified atom stereocenters. The molecule has 120 valence electrons. The van der Waals surface area contributed by atoms with Crippen molar-refractivity contribution in [1.29, 1.82) is 0 Å². The monoisotopic (exact) mass is 292 g/mol. The lowest BCUT2D eigenvalue weighted by molar-refractivity contribution is 0.249. The first-order chi connectivity index (χ1) is 10.4. The lowest BCUT2D eigenvalue weighted by Gasteiger charge is -2.25. The van der Waals surface area contributed by atoms with Crippen molar-refractivity contribution in [3.63, 3.8) is 0 Å². The quantitative estimate of drug-likeness (QED) is 0.463. The van der Waals surface area contributed by atoms with E-state index in [1.807, 2.05) is 0 Å². The fraction of sp³-hybridized carbons (Fsp3) is 0.941. The number of aliphatic imine (C=N–C) groups is 1. The second-order valence-electron chi connectivity index (χ2n) is 6.95. The van der Waals surface area contributed by atoms with E-state index in [0.717, 1.165) is 31.0 Å². The minimum atomic E-state index is 0.767. The van der Waals surface area contributed by atoms with Crippen LogP contribution in [0.15, 0.2) is 4.99 Å². The molecule has 21 heavy (non-hydrogen) atoms. The maximum atomic E-state index is 4.87. The van der Waals surface area contributed by atoms with Crippen molar-refractivity contribution in [3.05, 3.63) is 0 Å². The Hall–Kier alpha value is -0.770. The molecule has 2 heterocycles. The summed E-state index contributed by atoms with van der Waals surface area (Å²) < 4.78 is 0. The van der Waals surface area contributed by atoms with Crippen LogP contribution in [0.3, 0.4) is 0 Å². The third-order valence-electron chi connectivity index (χ3n) is 5.18. The van der Waals surface area contributed by atoms with Crippen molar-refractivity contribution in [3.8, 4) is 0 Å². The summed E-state index contributed by atoms with van der Waals surface area (Å²) in [4.78, 5) is 10.1. The number of hydrogen-bond acceptors (Lipinski definition) is 2. The van der Waals surface area contributed by atoms with Crippen LogP contribution >= 0.6 is 0 Å². The summed E-state index contributed by atoms with van der Waals surface area (Å²) in [6.07, 6.45) is 9.69. The molecule has 1 atom stereocenters. The van der Waals surface area contributed by atoms with Crippen LogP contribution in [0, 0.1) is 5.92 Å². The summed E-state index contributed by atoms with van der Waals surface area (Å²) in [6.45, 7) is 9.13. The van der Waals surface area contributed by atoms with Gasteiger partial charge >= 0.3 is 0 Å². The molecule has 0 aromatic carbocycles. The molecule has 1 N–H and O–H groups in total. The SMILES string of the molecule is CCNC(=NCCCC1CC1)N1CCC(N2CCCC2)C1. The van der Waals surface area contributed by atoms with E-state index in [2.05, 4.69) is 22.0 Å². The largest absolute Gasteiger partial charge is 0.357 e. The summed E-state index contributed by atoms with van der Waals surface area (Å²) in [5.41, 5.74) is 0. The van der Waals surface area contributed by atoms with E-state index >= 15 is 0 Å². The van der Waals surface area contributed by atoms with Crippen LogP contribution in [0.1, 0.15) is 51.9 Å². The molecule has 3 rings (SSSR count). The first kappa shape index (κ1) is 15.1. The number of nitrogens with zero attached hydrogens (tertiary/aromatic N) is 3. The standard InChI is InChI=1S/C17H32N4/c1-2-18-17(19-10-5-6-15-7-8-15)21-13-9-16(14-21)20-11-3-4-12-20/h15-16H,2-14H2,1H3,(H,18,19). The van der Waals surface area contributed by atoms with Gasteiger partial charge in [-0.3, -0.25) is 9.89 Å². The van der Waals surface area contributed by atoms with Gasteiger partial charge in [0.2, 0.25) is 0 Å². The molecule has 4 heteroatoms. The van der Waals surface area contributed by atoms with E-state index in [9.17, 15) is 0 Å². The fourth-order valence-electron chi connectivity index (χ4n) is 3.74. The highest BCUT2D eigenvalue weighted by atomic mass is 15.3. The lowest BCUT2D eigenvalue weighted by atomic mass is 10.2. The molecule has 0 bridgehead atoms. The molecule has 3 fully saturated rings. The predicted octanol–water partition coefficient (Wildman–Crippen LogP) is 2.31. The van der Waals surface area contributed by atoms with Gasteiger partial charge in [-0.25, -0.2) is 0 Å². The van der Waals surface area contributed by atoms with Crippen molar-refractivity contribution in [2.24, 2.45) is 10.9 Å². The third-order valence-corrected chi connectivity index (χ3v) is 5.18. The Kier molecular flexibility index (Phi) is 5.39. The Morgan fingerprint density at radius 2 is 1.95 bits per heavy atom. The Morgan fingerprint density at radius 1 is 1.14 bits per heavy atom. The molecule has 0 aromatic heterocycles. The summed E-state index contributed by atoms with van der Waals surface area (Å²) in [7, 11) is 0. The minimum Gasteiger partial charge on any atom is -0.357 e. The van der Waals surface area contributed by atoms with Crippen molar-refractivity contribution < 1.29 is 0 Å². The average Bonchev–Trinajstić information content (AvgIpc) is 2.97. The van der Waals surface area contributed by atoms with E-state index in [1.165, 1.54) is 71.1 Å². The zero-order valence-electron chi connectivity index (χ0n) is 13.7. The number of guanidine groups is 1.